The lowest BCUT2D eigenvalue weighted by Crippen LogP contribution is -2.16. The molecule has 0 unspecified atom stereocenters. The van der Waals surface area contributed by atoms with Crippen molar-refractivity contribution in [1.82, 2.24) is 4.57 Å². The molecular weight excluding hydrogens is 408 g/mol. The summed E-state index contributed by atoms with van der Waals surface area (Å²) in [7, 11) is 0. The highest BCUT2D eigenvalue weighted by atomic mass is 19.1. The zero-order valence-corrected chi connectivity index (χ0v) is 18.0. The maximum absolute atomic E-state index is 14.9. The Morgan fingerprint density at radius 3 is 2.44 bits per heavy atom. The van der Waals surface area contributed by atoms with Crippen LogP contribution in [0.15, 0.2) is 66.7 Å². The van der Waals surface area contributed by atoms with Crippen LogP contribution in [0, 0.1) is 18.6 Å². The fourth-order valence-electron chi connectivity index (χ4n) is 4.47. The first kappa shape index (κ1) is 20.7. The van der Waals surface area contributed by atoms with Crippen molar-refractivity contribution in [2.75, 3.05) is 13.2 Å². The first-order valence-corrected chi connectivity index (χ1v) is 11.0. The van der Waals surface area contributed by atoms with Crippen LogP contribution in [0.3, 0.4) is 0 Å². The van der Waals surface area contributed by atoms with Gasteiger partial charge in [0.05, 0.1) is 5.52 Å². The van der Waals surface area contributed by atoms with E-state index in [-0.39, 0.29) is 29.9 Å². The zero-order chi connectivity index (χ0) is 22.1. The van der Waals surface area contributed by atoms with Gasteiger partial charge in [-0.05, 0) is 67.3 Å². The molecule has 1 aromatic heterocycles. The summed E-state index contributed by atoms with van der Waals surface area (Å²) in [6, 6.07) is 20.1. The summed E-state index contributed by atoms with van der Waals surface area (Å²) in [4.78, 5) is 0. The summed E-state index contributed by atoms with van der Waals surface area (Å²) in [5.74, 6) is -0.112. The highest BCUT2D eigenvalue weighted by molar-refractivity contribution is 5.89. The Bertz CT molecular complexity index is 1240. The first-order valence-electron chi connectivity index (χ1n) is 11.0. The Labute approximate surface area is 186 Å². The lowest BCUT2D eigenvalue weighted by atomic mass is 9.96. The average Bonchev–Trinajstić information content (AvgIpc) is 3.21. The van der Waals surface area contributed by atoms with Gasteiger partial charge in [0.25, 0.3) is 0 Å². The molecular formula is C27H25F2NO2. The van der Waals surface area contributed by atoms with Crippen LogP contribution in [0.1, 0.15) is 35.6 Å². The maximum atomic E-state index is 14.9. The number of aryl methyl sites for hydroxylation is 1. The third kappa shape index (κ3) is 3.89. The van der Waals surface area contributed by atoms with Gasteiger partial charge in [0.1, 0.15) is 12.4 Å². The number of nitrogens with zero attached hydrogens (tertiary/aromatic N) is 1. The van der Waals surface area contributed by atoms with Crippen molar-refractivity contribution in [2.45, 2.75) is 32.3 Å². The number of aromatic nitrogens is 1. The Morgan fingerprint density at radius 1 is 0.938 bits per heavy atom. The van der Waals surface area contributed by atoms with E-state index in [0.29, 0.717) is 18.8 Å². The van der Waals surface area contributed by atoms with Gasteiger partial charge < -0.3 is 14.0 Å². The van der Waals surface area contributed by atoms with Crippen LogP contribution in [0.5, 0.6) is 5.75 Å². The average molecular weight is 433 g/mol. The minimum Gasteiger partial charge on any atom is -0.485 e. The van der Waals surface area contributed by atoms with Crippen molar-refractivity contribution in [3.63, 3.8) is 0 Å². The first-order chi connectivity index (χ1) is 15.6. The molecule has 5 heteroatoms. The lowest BCUT2D eigenvalue weighted by Gasteiger charge is -2.24. The topological polar surface area (TPSA) is 23.4 Å². The molecule has 32 heavy (non-hydrogen) atoms. The molecule has 0 atom stereocenters. The van der Waals surface area contributed by atoms with Gasteiger partial charge in [0.15, 0.2) is 11.6 Å². The van der Waals surface area contributed by atoms with Crippen molar-refractivity contribution in [3.05, 3.63) is 95.2 Å². The summed E-state index contributed by atoms with van der Waals surface area (Å²) in [6.45, 7) is 3.43. The van der Waals surface area contributed by atoms with E-state index >= 15 is 0 Å². The molecule has 1 aliphatic heterocycles. The molecule has 1 fully saturated rings. The smallest absolute Gasteiger partial charge is 0.165 e. The summed E-state index contributed by atoms with van der Waals surface area (Å²) in [5, 5.41) is 0.726. The van der Waals surface area contributed by atoms with Crippen LogP contribution in [-0.2, 0) is 11.3 Å². The minimum atomic E-state index is -0.389. The molecule has 0 saturated carbocycles. The molecule has 3 aromatic carbocycles. The van der Waals surface area contributed by atoms with E-state index in [1.807, 2.05) is 42.5 Å². The number of hydrogen-bond acceptors (Lipinski definition) is 2. The molecule has 0 N–H and O–H groups in total. The van der Waals surface area contributed by atoms with Gasteiger partial charge >= 0.3 is 0 Å². The number of rotatable bonds is 5. The summed E-state index contributed by atoms with van der Waals surface area (Å²) < 4.78 is 42.6. The normalized spacial score (nSPS) is 14.7. The zero-order valence-electron chi connectivity index (χ0n) is 18.0. The quantitative estimate of drug-likeness (QED) is 0.350. The third-order valence-electron chi connectivity index (χ3n) is 6.18. The molecule has 164 valence electrons. The molecule has 0 spiro atoms. The molecule has 5 rings (SSSR count). The number of hydrogen-bond donors (Lipinski definition) is 0. The predicted molar refractivity (Wildman–Crippen MR) is 121 cm³/mol. The highest BCUT2D eigenvalue weighted by Crippen LogP contribution is 2.39. The van der Waals surface area contributed by atoms with Crippen molar-refractivity contribution in [2.24, 2.45) is 0 Å². The van der Waals surface area contributed by atoms with Crippen LogP contribution < -0.4 is 4.74 Å². The molecule has 4 aromatic rings. The van der Waals surface area contributed by atoms with Crippen LogP contribution in [0.4, 0.5) is 8.78 Å². The fourth-order valence-corrected chi connectivity index (χ4v) is 4.47. The monoisotopic (exact) mass is 433 g/mol. The van der Waals surface area contributed by atoms with Crippen LogP contribution in [0.25, 0.3) is 16.6 Å². The van der Waals surface area contributed by atoms with Crippen LogP contribution in [0.2, 0.25) is 0 Å². The number of benzene rings is 3. The number of ether oxygens (including phenoxy) is 2. The minimum absolute atomic E-state index is 0.240. The predicted octanol–water partition coefficient (Wildman–Crippen LogP) is 6.69. The SMILES string of the molecule is Cc1cc(-n2c(C3CCOCC3)cc3c(OCc4ccccc4)c(F)ccc32)ccc1F. The van der Waals surface area contributed by atoms with E-state index in [0.717, 1.165) is 40.7 Å². The molecule has 3 nitrogen and oxygen atoms in total. The largest absolute Gasteiger partial charge is 0.485 e. The third-order valence-corrected chi connectivity index (χ3v) is 6.18. The molecule has 0 bridgehead atoms. The molecule has 0 amide bonds. The fraction of sp³-hybridized carbons (Fsp3) is 0.259. The Balaban J connectivity index is 1.65. The van der Waals surface area contributed by atoms with Crippen molar-refractivity contribution in [3.8, 4) is 11.4 Å². The number of halogens is 2. The molecule has 1 aliphatic rings. The van der Waals surface area contributed by atoms with Crippen LogP contribution in [-0.4, -0.2) is 17.8 Å². The van der Waals surface area contributed by atoms with E-state index in [4.69, 9.17) is 9.47 Å². The molecule has 1 saturated heterocycles. The second-order valence-corrected chi connectivity index (χ2v) is 8.31. The van der Waals surface area contributed by atoms with E-state index in [9.17, 15) is 8.78 Å². The van der Waals surface area contributed by atoms with Gasteiger partial charge in [0, 0.05) is 35.9 Å². The highest BCUT2D eigenvalue weighted by Gasteiger charge is 2.24. The summed E-state index contributed by atoms with van der Waals surface area (Å²) >= 11 is 0. The van der Waals surface area contributed by atoms with Gasteiger partial charge in [-0.15, -0.1) is 0 Å². The Kier molecular flexibility index (Phi) is 5.66. The second kappa shape index (κ2) is 8.75. The summed E-state index contributed by atoms with van der Waals surface area (Å²) in [5.41, 5.74) is 4.33. The molecule has 0 aliphatic carbocycles. The second-order valence-electron chi connectivity index (χ2n) is 8.31. The van der Waals surface area contributed by atoms with E-state index in [1.165, 1.54) is 12.1 Å². The van der Waals surface area contributed by atoms with E-state index < -0.39 is 0 Å². The van der Waals surface area contributed by atoms with Gasteiger partial charge in [0.2, 0.25) is 0 Å². The van der Waals surface area contributed by atoms with E-state index in [2.05, 4.69) is 4.57 Å². The Hall–Kier alpha value is -3.18. The van der Waals surface area contributed by atoms with Gasteiger partial charge in [-0.25, -0.2) is 8.78 Å². The molecule has 0 radical (unpaired) electrons. The van der Waals surface area contributed by atoms with E-state index in [1.54, 1.807) is 19.1 Å². The van der Waals surface area contributed by atoms with Gasteiger partial charge in [-0.2, -0.15) is 0 Å². The Morgan fingerprint density at radius 2 is 1.69 bits per heavy atom. The van der Waals surface area contributed by atoms with Crippen LogP contribution >= 0.6 is 0 Å². The molecule has 2 heterocycles. The lowest BCUT2D eigenvalue weighted by molar-refractivity contribution is 0.0842. The van der Waals surface area contributed by atoms with Gasteiger partial charge in [-0.3, -0.25) is 0 Å². The standard InChI is InChI=1S/C27H25F2NO2/c1-18-15-21(7-8-23(18)28)30-25-10-9-24(29)27(32-17-19-5-3-2-4-6-19)22(25)16-26(30)20-11-13-31-14-12-20/h2-10,15-16,20H,11-14,17H2,1H3. The van der Waals surface area contributed by atoms with Crippen molar-refractivity contribution in [1.29, 1.82) is 0 Å². The number of fused-ring (bicyclic) bond motifs is 1. The van der Waals surface area contributed by atoms with Gasteiger partial charge in [-0.1, -0.05) is 30.3 Å². The summed E-state index contributed by atoms with van der Waals surface area (Å²) in [6.07, 6.45) is 1.78. The van der Waals surface area contributed by atoms with Crippen molar-refractivity contribution < 1.29 is 18.3 Å². The maximum Gasteiger partial charge on any atom is 0.165 e. The van der Waals surface area contributed by atoms with Crippen molar-refractivity contribution >= 4 is 10.9 Å².